The fraction of sp³-hybridized carbons (Fsp3) is 0.833. The Hall–Kier alpha value is -1.52. The van der Waals surface area contributed by atoms with E-state index >= 15 is 0 Å². The molecule has 0 aliphatic rings. The summed E-state index contributed by atoms with van der Waals surface area (Å²) in [5.41, 5.74) is 0. The lowest BCUT2D eigenvalue weighted by atomic mass is 9.92. The van der Waals surface area contributed by atoms with Gasteiger partial charge in [-0.25, -0.2) is 0 Å². The van der Waals surface area contributed by atoms with Crippen LogP contribution >= 0.6 is 0 Å². The van der Waals surface area contributed by atoms with Crippen LogP contribution in [0.15, 0.2) is 12.8 Å². The van der Waals surface area contributed by atoms with E-state index in [0.29, 0.717) is 24.9 Å². The summed E-state index contributed by atoms with van der Waals surface area (Å²) >= 11 is 0. The molecule has 0 radical (unpaired) electrons. The minimum absolute atomic E-state index is 0.167. The van der Waals surface area contributed by atoms with Crippen LogP contribution in [0.4, 0.5) is 0 Å². The van der Waals surface area contributed by atoms with Crippen LogP contribution in [0.2, 0.25) is 0 Å². The van der Waals surface area contributed by atoms with Crippen molar-refractivity contribution in [2.24, 2.45) is 17.8 Å². The van der Waals surface area contributed by atoms with Crippen molar-refractivity contribution in [1.82, 2.24) is 0 Å². The molecule has 0 aromatic carbocycles. The molecule has 0 aromatic rings. The Labute approximate surface area is 178 Å². The molecule has 0 rings (SSSR count). The first-order chi connectivity index (χ1) is 13.9. The van der Waals surface area contributed by atoms with Crippen LogP contribution in [0.25, 0.3) is 0 Å². The van der Waals surface area contributed by atoms with Crippen molar-refractivity contribution >= 4 is 11.9 Å². The summed E-state index contributed by atoms with van der Waals surface area (Å²) in [6, 6.07) is 0. The summed E-state index contributed by atoms with van der Waals surface area (Å²) < 4.78 is 16.1. The lowest BCUT2D eigenvalue weighted by Crippen LogP contribution is -2.24. The van der Waals surface area contributed by atoms with Crippen molar-refractivity contribution in [3.8, 4) is 0 Å². The van der Waals surface area contributed by atoms with E-state index in [-0.39, 0.29) is 37.5 Å². The molecule has 0 aliphatic heterocycles. The highest BCUT2D eigenvalue weighted by Gasteiger charge is 2.20. The van der Waals surface area contributed by atoms with E-state index in [4.69, 9.17) is 14.2 Å². The molecule has 0 N–H and O–H groups in total. The number of esters is 2. The van der Waals surface area contributed by atoms with Crippen LogP contribution in [0.5, 0.6) is 0 Å². The normalized spacial score (nSPS) is 13.0. The number of hydrogen-bond donors (Lipinski definition) is 0. The summed E-state index contributed by atoms with van der Waals surface area (Å²) in [7, 11) is 0. The quantitative estimate of drug-likeness (QED) is 0.146. The zero-order valence-corrected chi connectivity index (χ0v) is 19.3. The lowest BCUT2D eigenvalue weighted by molar-refractivity contribution is -0.152. The Morgan fingerprint density at radius 1 is 0.862 bits per heavy atom. The van der Waals surface area contributed by atoms with Crippen molar-refractivity contribution in [1.29, 1.82) is 0 Å². The molecule has 0 aliphatic carbocycles. The van der Waals surface area contributed by atoms with E-state index in [0.717, 1.165) is 32.1 Å². The van der Waals surface area contributed by atoms with Gasteiger partial charge in [0, 0.05) is 12.3 Å². The third kappa shape index (κ3) is 16.0. The van der Waals surface area contributed by atoms with Crippen LogP contribution in [0, 0.1) is 17.8 Å². The van der Waals surface area contributed by atoms with Gasteiger partial charge in [-0.3, -0.25) is 9.59 Å². The first-order valence-electron chi connectivity index (χ1n) is 11.5. The maximum absolute atomic E-state index is 12.2. The fourth-order valence-corrected chi connectivity index (χ4v) is 3.18. The van der Waals surface area contributed by atoms with Gasteiger partial charge in [0.15, 0.2) is 0 Å². The van der Waals surface area contributed by atoms with E-state index in [1.54, 1.807) is 0 Å². The van der Waals surface area contributed by atoms with Crippen molar-refractivity contribution in [2.75, 3.05) is 19.8 Å². The summed E-state index contributed by atoms with van der Waals surface area (Å²) in [5, 5.41) is 0. The van der Waals surface area contributed by atoms with Crippen LogP contribution < -0.4 is 0 Å². The van der Waals surface area contributed by atoms with Crippen LogP contribution in [0.1, 0.15) is 91.9 Å². The highest BCUT2D eigenvalue weighted by atomic mass is 16.5. The highest BCUT2D eigenvalue weighted by molar-refractivity contribution is 5.70. The van der Waals surface area contributed by atoms with Crippen LogP contribution in [0.3, 0.4) is 0 Å². The lowest BCUT2D eigenvalue weighted by Gasteiger charge is -2.21. The maximum Gasteiger partial charge on any atom is 0.306 e. The van der Waals surface area contributed by atoms with Gasteiger partial charge in [0.25, 0.3) is 0 Å². The molecule has 0 saturated heterocycles. The topological polar surface area (TPSA) is 61.8 Å². The van der Waals surface area contributed by atoms with Gasteiger partial charge in [-0.2, -0.15) is 0 Å². The number of unbranched alkanes of at least 4 members (excludes halogenated alkanes) is 5. The summed E-state index contributed by atoms with van der Waals surface area (Å²) in [6.07, 6.45) is 10.8. The van der Waals surface area contributed by atoms with Crippen LogP contribution in [-0.4, -0.2) is 31.8 Å². The van der Waals surface area contributed by atoms with E-state index in [1.165, 1.54) is 25.5 Å². The minimum Gasteiger partial charge on any atom is -0.501 e. The molecule has 0 bridgehead atoms. The van der Waals surface area contributed by atoms with Gasteiger partial charge in [-0.05, 0) is 24.7 Å². The van der Waals surface area contributed by atoms with Crippen LogP contribution in [-0.2, 0) is 23.8 Å². The Kier molecular flexibility index (Phi) is 17.5. The second-order valence-corrected chi connectivity index (χ2v) is 8.25. The van der Waals surface area contributed by atoms with Crippen molar-refractivity contribution in [3.63, 3.8) is 0 Å². The molecule has 0 amide bonds. The average molecular weight is 413 g/mol. The monoisotopic (exact) mass is 412 g/mol. The molecule has 2 atom stereocenters. The number of carbonyl (C=O) groups is 2. The standard InChI is InChI=1S/C24H44O5/c1-6-9-10-11-12-13-15-23(25)28-18-21(17-27-8-3)16-24(26)29-19-22(14-7-2)20(4)5/h8,20-22H,3,6-7,9-19H2,1-2,4-5H3. The predicted molar refractivity (Wildman–Crippen MR) is 117 cm³/mol. The second kappa shape index (κ2) is 18.5. The van der Waals surface area contributed by atoms with E-state index in [9.17, 15) is 9.59 Å². The number of hydrogen-bond acceptors (Lipinski definition) is 5. The van der Waals surface area contributed by atoms with Crippen molar-refractivity contribution < 1.29 is 23.8 Å². The first kappa shape index (κ1) is 27.5. The third-order valence-corrected chi connectivity index (χ3v) is 5.18. The number of carbonyl (C=O) groups excluding carboxylic acids is 2. The van der Waals surface area contributed by atoms with Gasteiger partial charge in [0.2, 0.25) is 0 Å². The molecular weight excluding hydrogens is 368 g/mol. The summed E-state index contributed by atoms with van der Waals surface area (Å²) in [6.45, 7) is 13.1. The molecule has 5 heteroatoms. The Bertz CT molecular complexity index is 433. The van der Waals surface area contributed by atoms with Gasteiger partial charge < -0.3 is 14.2 Å². The second-order valence-electron chi connectivity index (χ2n) is 8.25. The number of rotatable bonds is 19. The maximum atomic E-state index is 12.2. The molecule has 170 valence electrons. The molecule has 5 nitrogen and oxygen atoms in total. The van der Waals surface area contributed by atoms with Gasteiger partial charge in [0.1, 0.15) is 0 Å². The fourth-order valence-electron chi connectivity index (χ4n) is 3.18. The molecule has 0 spiro atoms. The van der Waals surface area contributed by atoms with Crippen molar-refractivity contribution in [2.45, 2.75) is 91.9 Å². The Morgan fingerprint density at radius 3 is 2.14 bits per heavy atom. The molecule has 29 heavy (non-hydrogen) atoms. The Morgan fingerprint density at radius 2 is 1.52 bits per heavy atom. The van der Waals surface area contributed by atoms with Crippen molar-refractivity contribution in [3.05, 3.63) is 12.8 Å². The zero-order chi connectivity index (χ0) is 21.9. The molecule has 2 unspecified atom stereocenters. The zero-order valence-electron chi connectivity index (χ0n) is 19.3. The van der Waals surface area contributed by atoms with Gasteiger partial charge >= 0.3 is 11.9 Å². The number of ether oxygens (including phenoxy) is 3. The predicted octanol–water partition coefficient (Wildman–Crippen LogP) is 6.06. The first-order valence-corrected chi connectivity index (χ1v) is 11.5. The molecule has 0 heterocycles. The molecule has 0 saturated carbocycles. The van der Waals surface area contributed by atoms with Gasteiger partial charge in [-0.1, -0.05) is 72.8 Å². The highest BCUT2D eigenvalue weighted by Crippen LogP contribution is 2.18. The van der Waals surface area contributed by atoms with E-state index < -0.39 is 0 Å². The van der Waals surface area contributed by atoms with E-state index in [2.05, 4.69) is 34.3 Å². The third-order valence-electron chi connectivity index (χ3n) is 5.18. The SMILES string of the molecule is C=COCC(COC(=O)CCCCCCCC)CC(=O)OCC(CCC)C(C)C. The van der Waals surface area contributed by atoms with E-state index in [1.807, 2.05) is 0 Å². The molecule has 0 fully saturated rings. The molecule has 0 aromatic heterocycles. The smallest absolute Gasteiger partial charge is 0.306 e. The molecular formula is C24H44O5. The summed E-state index contributed by atoms with van der Waals surface area (Å²) in [4.78, 5) is 24.2. The largest absolute Gasteiger partial charge is 0.501 e. The Balaban J connectivity index is 4.24. The average Bonchev–Trinajstić information content (AvgIpc) is 2.69. The van der Waals surface area contributed by atoms with Gasteiger partial charge in [-0.15, -0.1) is 0 Å². The van der Waals surface area contributed by atoms with Gasteiger partial charge in [0.05, 0.1) is 32.5 Å². The summed E-state index contributed by atoms with van der Waals surface area (Å²) in [5.74, 6) is 0.155. The minimum atomic E-state index is -0.267.